The van der Waals surface area contributed by atoms with E-state index >= 15 is 0 Å². The normalized spacial score (nSPS) is 15.1. The minimum atomic E-state index is 0.0579. The molecule has 8 heteroatoms. The Kier molecular flexibility index (Phi) is 6.62. The smallest absolute Gasteiger partial charge is 0.265 e. The number of hydrogen-bond acceptors (Lipinski definition) is 6. The van der Waals surface area contributed by atoms with Crippen molar-refractivity contribution in [3.05, 3.63) is 28.1 Å². The van der Waals surface area contributed by atoms with E-state index in [1.54, 1.807) is 11.3 Å². The van der Waals surface area contributed by atoms with Gasteiger partial charge in [-0.05, 0) is 32.2 Å². The van der Waals surface area contributed by atoms with Crippen LogP contribution in [0.2, 0.25) is 0 Å². The Morgan fingerprint density at radius 2 is 1.89 bits per heavy atom. The fourth-order valence-electron chi connectivity index (χ4n) is 3.22. The summed E-state index contributed by atoms with van der Waals surface area (Å²) in [6, 6.07) is 4.03. The summed E-state index contributed by atoms with van der Waals surface area (Å²) in [5.41, 5.74) is 0.799. The first-order valence-electron chi connectivity index (χ1n) is 9.34. The number of likely N-dealkylation sites (N-methyl/N-ethyl adjacent to an activating group) is 1. The van der Waals surface area contributed by atoms with E-state index < -0.39 is 0 Å². The van der Waals surface area contributed by atoms with Gasteiger partial charge in [0.25, 0.3) is 5.91 Å². The number of thiophene rings is 1. The van der Waals surface area contributed by atoms with Crippen molar-refractivity contribution in [2.24, 2.45) is 0 Å². The maximum Gasteiger partial charge on any atom is 0.265 e. The molecule has 2 aromatic rings. The van der Waals surface area contributed by atoms with E-state index in [0.717, 1.165) is 46.6 Å². The number of aromatic nitrogens is 1. The quantitative estimate of drug-likeness (QED) is 0.740. The van der Waals surface area contributed by atoms with Crippen LogP contribution in [0.3, 0.4) is 0 Å². The molecule has 0 spiro atoms. The molecule has 146 valence electrons. The molecule has 1 aliphatic rings. The van der Waals surface area contributed by atoms with E-state index in [1.165, 1.54) is 11.3 Å². The molecule has 3 rings (SSSR count). The maximum absolute atomic E-state index is 12.9. The Hall–Kier alpha value is -1.77. The monoisotopic (exact) mass is 406 g/mol. The van der Waals surface area contributed by atoms with Crippen molar-refractivity contribution >= 4 is 34.5 Å². The number of piperazine rings is 1. The number of aryl methyl sites for hydroxylation is 1. The van der Waals surface area contributed by atoms with Crippen LogP contribution in [0.25, 0.3) is 9.88 Å². The highest BCUT2D eigenvalue weighted by molar-refractivity contribution is 7.22. The number of hydrogen-bond donors (Lipinski definition) is 0. The van der Waals surface area contributed by atoms with E-state index in [9.17, 15) is 9.59 Å². The fourth-order valence-corrected chi connectivity index (χ4v) is 5.05. The molecule has 0 aliphatic carbocycles. The van der Waals surface area contributed by atoms with E-state index in [2.05, 4.69) is 9.88 Å². The Morgan fingerprint density at radius 3 is 2.48 bits per heavy atom. The van der Waals surface area contributed by atoms with E-state index in [1.807, 2.05) is 48.1 Å². The Morgan fingerprint density at radius 1 is 1.19 bits per heavy atom. The Bertz CT molecular complexity index is 776. The third-order valence-corrected chi connectivity index (χ3v) is 7.04. The predicted molar refractivity (Wildman–Crippen MR) is 110 cm³/mol. The van der Waals surface area contributed by atoms with Crippen molar-refractivity contribution in [3.63, 3.8) is 0 Å². The standard InChI is InChI=1S/C19H26N4O2S2/c1-4-22(5-2)16(24)13-21-8-10-23(11-9-21)19(25)17-14(3)20-18(27-17)15-7-6-12-26-15/h6-7,12H,4-5,8-11,13H2,1-3H3. The third-order valence-electron chi connectivity index (χ3n) is 4.86. The van der Waals surface area contributed by atoms with Crippen molar-refractivity contribution in [1.82, 2.24) is 19.7 Å². The van der Waals surface area contributed by atoms with Crippen LogP contribution in [0.5, 0.6) is 0 Å². The highest BCUT2D eigenvalue weighted by atomic mass is 32.1. The second kappa shape index (κ2) is 8.95. The summed E-state index contributed by atoms with van der Waals surface area (Å²) >= 11 is 3.11. The minimum absolute atomic E-state index is 0.0579. The molecule has 0 N–H and O–H groups in total. The fraction of sp³-hybridized carbons (Fsp3) is 0.526. The van der Waals surface area contributed by atoms with Crippen LogP contribution < -0.4 is 0 Å². The van der Waals surface area contributed by atoms with Crippen LogP contribution in [0.4, 0.5) is 0 Å². The Labute approximate surface area is 168 Å². The molecule has 0 bridgehead atoms. The van der Waals surface area contributed by atoms with Crippen molar-refractivity contribution < 1.29 is 9.59 Å². The molecule has 0 unspecified atom stereocenters. The van der Waals surface area contributed by atoms with Gasteiger partial charge in [-0.15, -0.1) is 22.7 Å². The molecule has 1 fully saturated rings. The summed E-state index contributed by atoms with van der Waals surface area (Å²) in [4.78, 5) is 37.5. The zero-order chi connectivity index (χ0) is 19.4. The van der Waals surface area contributed by atoms with Gasteiger partial charge in [-0.1, -0.05) is 6.07 Å². The molecule has 2 amide bonds. The zero-order valence-electron chi connectivity index (χ0n) is 16.1. The molecule has 1 saturated heterocycles. The van der Waals surface area contributed by atoms with Gasteiger partial charge in [0.05, 0.1) is 17.1 Å². The summed E-state index contributed by atoms with van der Waals surface area (Å²) in [7, 11) is 0. The summed E-state index contributed by atoms with van der Waals surface area (Å²) in [6.07, 6.45) is 0. The van der Waals surface area contributed by atoms with Crippen LogP contribution in [0.1, 0.15) is 29.2 Å². The zero-order valence-corrected chi connectivity index (χ0v) is 17.7. The molecule has 6 nitrogen and oxygen atoms in total. The van der Waals surface area contributed by atoms with Crippen LogP contribution >= 0.6 is 22.7 Å². The summed E-state index contributed by atoms with van der Waals surface area (Å²) < 4.78 is 0. The first-order chi connectivity index (χ1) is 13.0. The van der Waals surface area contributed by atoms with Gasteiger partial charge in [0.15, 0.2) is 0 Å². The highest BCUT2D eigenvalue weighted by Gasteiger charge is 2.27. The molecule has 0 saturated carbocycles. The van der Waals surface area contributed by atoms with Gasteiger partial charge in [-0.25, -0.2) is 4.98 Å². The molecule has 1 aliphatic heterocycles. The summed E-state index contributed by atoms with van der Waals surface area (Å²) in [5, 5.41) is 2.93. The predicted octanol–water partition coefficient (Wildman–Crippen LogP) is 2.81. The molecule has 0 aromatic carbocycles. The minimum Gasteiger partial charge on any atom is -0.342 e. The lowest BCUT2D eigenvalue weighted by Crippen LogP contribution is -2.51. The Balaban J connectivity index is 1.58. The number of nitrogens with zero attached hydrogens (tertiary/aromatic N) is 4. The summed E-state index contributed by atoms with van der Waals surface area (Å²) in [6.45, 7) is 10.6. The molecular formula is C19H26N4O2S2. The molecule has 2 aromatic heterocycles. The molecular weight excluding hydrogens is 380 g/mol. The lowest BCUT2D eigenvalue weighted by Gasteiger charge is -2.35. The van der Waals surface area contributed by atoms with Gasteiger partial charge in [-0.3, -0.25) is 14.5 Å². The second-order valence-corrected chi connectivity index (χ2v) is 8.49. The number of carbonyl (C=O) groups is 2. The highest BCUT2D eigenvalue weighted by Crippen LogP contribution is 2.31. The van der Waals surface area contributed by atoms with Crippen LogP contribution in [0, 0.1) is 6.92 Å². The first kappa shape index (κ1) is 20.0. The average Bonchev–Trinajstić information content (AvgIpc) is 3.32. The van der Waals surface area contributed by atoms with Gasteiger partial charge in [0.2, 0.25) is 5.91 Å². The topological polar surface area (TPSA) is 56.8 Å². The number of rotatable bonds is 6. The van der Waals surface area contributed by atoms with Crippen molar-refractivity contribution in [3.8, 4) is 9.88 Å². The second-order valence-electron chi connectivity index (χ2n) is 6.55. The van der Waals surface area contributed by atoms with Gasteiger partial charge < -0.3 is 9.80 Å². The van der Waals surface area contributed by atoms with Crippen molar-refractivity contribution in [1.29, 1.82) is 0 Å². The third kappa shape index (κ3) is 4.56. The maximum atomic E-state index is 12.9. The molecule has 27 heavy (non-hydrogen) atoms. The van der Waals surface area contributed by atoms with Gasteiger partial charge >= 0.3 is 0 Å². The van der Waals surface area contributed by atoms with E-state index in [0.29, 0.717) is 19.6 Å². The van der Waals surface area contributed by atoms with Crippen molar-refractivity contribution in [2.75, 3.05) is 45.8 Å². The van der Waals surface area contributed by atoms with E-state index in [4.69, 9.17) is 0 Å². The van der Waals surface area contributed by atoms with Crippen LogP contribution in [-0.2, 0) is 4.79 Å². The lowest BCUT2D eigenvalue weighted by atomic mass is 10.2. The lowest BCUT2D eigenvalue weighted by molar-refractivity contribution is -0.132. The number of thiazole rings is 1. The molecule has 3 heterocycles. The van der Waals surface area contributed by atoms with Gasteiger partial charge in [-0.2, -0.15) is 0 Å². The first-order valence-corrected chi connectivity index (χ1v) is 11.0. The molecule has 0 radical (unpaired) electrons. The molecule has 0 atom stereocenters. The number of carbonyl (C=O) groups excluding carboxylic acids is 2. The van der Waals surface area contributed by atoms with E-state index in [-0.39, 0.29) is 11.8 Å². The number of amides is 2. The van der Waals surface area contributed by atoms with Crippen molar-refractivity contribution in [2.45, 2.75) is 20.8 Å². The SMILES string of the molecule is CCN(CC)C(=O)CN1CCN(C(=O)c2sc(-c3cccs3)nc2C)CC1. The van der Waals surface area contributed by atoms with Gasteiger partial charge in [0, 0.05) is 39.3 Å². The van der Waals surface area contributed by atoms with Crippen LogP contribution in [-0.4, -0.2) is 77.3 Å². The average molecular weight is 407 g/mol. The largest absolute Gasteiger partial charge is 0.342 e. The summed E-state index contributed by atoms with van der Waals surface area (Å²) in [5.74, 6) is 0.223. The van der Waals surface area contributed by atoms with Gasteiger partial charge in [0.1, 0.15) is 9.88 Å². The van der Waals surface area contributed by atoms with Crippen LogP contribution in [0.15, 0.2) is 17.5 Å².